The van der Waals surface area contributed by atoms with Crippen LogP contribution in [0.5, 0.6) is 11.5 Å². The molecule has 2 rings (SSSR count). The lowest BCUT2D eigenvalue weighted by Gasteiger charge is -2.23. The van der Waals surface area contributed by atoms with Gasteiger partial charge in [-0.05, 0) is 12.5 Å². The molecule has 1 saturated heterocycles. The van der Waals surface area contributed by atoms with Gasteiger partial charge in [-0.3, -0.25) is 4.79 Å². The maximum atomic E-state index is 13.1. The second kappa shape index (κ2) is 12.6. The van der Waals surface area contributed by atoms with Gasteiger partial charge >= 0.3 is 5.97 Å². The van der Waals surface area contributed by atoms with Crippen LogP contribution in [0.3, 0.4) is 0 Å². The minimum atomic E-state index is -0.972. The number of hydrogen-bond donors (Lipinski definition) is 3. The van der Waals surface area contributed by atoms with Crippen molar-refractivity contribution in [3.05, 3.63) is 61.2 Å². The summed E-state index contributed by atoms with van der Waals surface area (Å²) in [5, 5.41) is 15.5. The highest BCUT2D eigenvalue weighted by atomic mass is 32.1. The van der Waals surface area contributed by atoms with E-state index in [2.05, 4.69) is 43.0 Å². The van der Waals surface area contributed by atoms with Crippen LogP contribution in [-0.2, 0) is 9.53 Å². The third kappa shape index (κ3) is 6.64. The molecule has 1 heterocycles. The van der Waals surface area contributed by atoms with E-state index in [9.17, 15) is 14.9 Å². The number of hydrogen-bond acceptors (Lipinski definition) is 8. The molecule has 0 bridgehead atoms. The average Bonchev–Trinajstić information content (AvgIpc) is 3.23. The molecule has 32 heavy (non-hydrogen) atoms. The van der Waals surface area contributed by atoms with Gasteiger partial charge in [-0.2, -0.15) is 17.9 Å². The van der Waals surface area contributed by atoms with Gasteiger partial charge in [-0.25, -0.2) is 4.79 Å². The minimum absolute atomic E-state index is 0.0144. The third-order valence-electron chi connectivity index (χ3n) is 4.59. The predicted molar refractivity (Wildman–Crippen MR) is 124 cm³/mol. The highest BCUT2D eigenvalue weighted by Gasteiger charge is 2.36. The fourth-order valence-corrected chi connectivity index (χ4v) is 3.47. The first-order valence-electron chi connectivity index (χ1n) is 10.0. The van der Waals surface area contributed by atoms with Gasteiger partial charge in [0.15, 0.2) is 11.5 Å². The Morgan fingerprint density at radius 2 is 1.81 bits per heavy atom. The lowest BCUT2D eigenvalue weighted by atomic mass is 10.0. The Labute approximate surface area is 193 Å². The van der Waals surface area contributed by atoms with E-state index in [0.29, 0.717) is 13.0 Å². The Kier molecular flexibility index (Phi) is 9.85. The molecule has 0 saturated carbocycles. The lowest BCUT2D eigenvalue weighted by Crippen LogP contribution is -2.53. The van der Waals surface area contributed by atoms with Gasteiger partial charge < -0.3 is 24.8 Å². The number of ether oxygens (including phenoxy) is 3. The van der Waals surface area contributed by atoms with Gasteiger partial charge in [0.05, 0.1) is 11.1 Å². The summed E-state index contributed by atoms with van der Waals surface area (Å²) in [6.45, 7) is 11.7. The van der Waals surface area contributed by atoms with Crippen LogP contribution in [0.1, 0.15) is 22.3 Å². The molecule has 8 nitrogen and oxygen atoms in total. The van der Waals surface area contributed by atoms with Crippen LogP contribution < -0.4 is 20.1 Å². The topological polar surface area (TPSA) is 110 Å². The Morgan fingerprint density at radius 3 is 2.34 bits per heavy atom. The molecule has 3 unspecified atom stereocenters. The summed E-state index contributed by atoms with van der Waals surface area (Å²) >= 11 is 4.43. The fourth-order valence-electron chi connectivity index (χ4n) is 3.14. The van der Waals surface area contributed by atoms with Crippen molar-refractivity contribution in [1.29, 1.82) is 5.26 Å². The third-order valence-corrected chi connectivity index (χ3v) is 4.98. The monoisotopic (exact) mass is 457 g/mol. The van der Waals surface area contributed by atoms with Gasteiger partial charge in [0.1, 0.15) is 31.9 Å². The number of thiol groups is 1. The van der Waals surface area contributed by atoms with E-state index in [4.69, 9.17) is 14.2 Å². The fraction of sp³-hybridized carbons (Fsp3) is 0.348. The molecule has 1 aliphatic rings. The molecule has 3 atom stereocenters. The van der Waals surface area contributed by atoms with Gasteiger partial charge in [0.25, 0.3) is 5.91 Å². The van der Waals surface area contributed by atoms with Gasteiger partial charge in [-0.15, -0.1) is 0 Å². The standard InChI is InChI=1S/C23H27N3O5S/c1-4-7-29-19-10-15(13-24)17(12-20(19)30-8-5-2)22(27)26-21(23(28)31-9-6-3)18-11-16(32)14-25-18/h4-6,10,12,16,18,21,25,32H,1-3,7-9,11,14H2,(H,26,27). The molecule has 0 spiro atoms. The number of nitriles is 1. The Bertz CT molecular complexity index is 912. The van der Waals surface area contributed by atoms with Crippen LogP contribution in [0, 0.1) is 11.3 Å². The zero-order chi connectivity index (χ0) is 23.5. The molecule has 1 amide bonds. The molecular formula is C23H27N3O5S. The summed E-state index contributed by atoms with van der Waals surface area (Å²) in [4.78, 5) is 25.8. The average molecular weight is 458 g/mol. The number of amides is 1. The van der Waals surface area contributed by atoms with Crippen LogP contribution in [0.2, 0.25) is 0 Å². The quantitative estimate of drug-likeness (QED) is 0.251. The number of nitrogens with one attached hydrogen (secondary N) is 2. The van der Waals surface area contributed by atoms with Crippen LogP contribution in [0.25, 0.3) is 0 Å². The molecule has 170 valence electrons. The normalized spacial score (nSPS) is 18.0. The zero-order valence-electron chi connectivity index (χ0n) is 17.7. The molecular weight excluding hydrogens is 430 g/mol. The number of benzene rings is 1. The van der Waals surface area contributed by atoms with Crippen molar-refractivity contribution in [2.75, 3.05) is 26.4 Å². The first-order chi connectivity index (χ1) is 15.4. The van der Waals surface area contributed by atoms with Crippen LogP contribution in [0.15, 0.2) is 50.1 Å². The minimum Gasteiger partial charge on any atom is -0.486 e. The molecule has 0 aliphatic carbocycles. The van der Waals surface area contributed by atoms with Crippen molar-refractivity contribution < 1.29 is 23.8 Å². The van der Waals surface area contributed by atoms with Crippen molar-refractivity contribution in [2.24, 2.45) is 0 Å². The van der Waals surface area contributed by atoms with E-state index < -0.39 is 17.9 Å². The molecule has 1 aliphatic heterocycles. The zero-order valence-corrected chi connectivity index (χ0v) is 18.6. The number of carbonyl (C=O) groups excluding carboxylic acids is 2. The SMILES string of the molecule is C=CCOC(=O)C(NC(=O)c1cc(OCC=C)c(OCC=C)cc1C#N)C1CC(S)CN1. The summed E-state index contributed by atoms with van der Waals surface area (Å²) in [5.41, 5.74) is 0.108. The van der Waals surface area contributed by atoms with Crippen molar-refractivity contribution in [3.63, 3.8) is 0 Å². The van der Waals surface area contributed by atoms with Crippen molar-refractivity contribution in [3.8, 4) is 17.6 Å². The van der Waals surface area contributed by atoms with E-state index >= 15 is 0 Å². The van der Waals surface area contributed by atoms with E-state index in [1.165, 1.54) is 18.2 Å². The van der Waals surface area contributed by atoms with Crippen molar-refractivity contribution in [2.45, 2.75) is 23.8 Å². The van der Waals surface area contributed by atoms with E-state index in [1.807, 2.05) is 6.07 Å². The molecule has 9 heteroatoms. The van der Waals surface area contributed by atoms with Gasteiger partial charge in [0.2, 0.25) is 0 Å². The second-order valence-corrected chi connectivity index (χ2v) is 7.66. The smallest absolute Gasteiger partial charge is 0.330 e. The molecule has 1 aromatic rings. The summed E-state index contributed by atoms with van der Waals surface area (Å²) in [6, 6.07) is 3.48. The van der Waals surface area contributed by atoms with Crippen LogP contribution in [-0.4, -0.2) is 55.6 Å². The highest BCUT2D eigenvalue weighted by Crippen LogP contribution is 2.31. The van der Waals surface area contributed by atoms with Crippen LogP contribution >= 0.6 is 12.6 Å². The van der Waals surface area contributed by atoms with E-state index in [-0.39, 0.29) is 53.7 Å². The predicted octanol–water partition coefficient (Wildman–Crippen LogP) is 2.18. The van der Waals surface area contributed by atoms with E-state index in [1.54, 1.807) is 12.2 Å². The molecule has 0 radical (unpaired) electrons. The van der Waals surface area contributed by atoms with Crippen LogP contribution in [0.4, 0.5) is 0 Å². The van der Waals surface area contributed by atoms with Crippen molar-refractivity contribution >= 4 is 24.5 Å². The molecule has 2 N–H and O–H groups in total. The largest absolute Gasteiger partial charge is 0.486 e. The highest BCUT2D eigenvalue weighted by molar-refractivity contribution is 7.81. The lowest BCUT2D eigenvalue weighted by molar-refractivity contribution is -0.145. The summed E-state index contributed by atoms with van der Waals surface area (Å²) in [6.07, 6.45) is 5.09. The molecule has 1 aromatic carbocycles. The number of esters is 1. The maximum Gasteiger partial charge on any atom is 0.330 e. The first-order valence-corrected chi connectivity index (χ1v) is 10.5. The van der Waals surface area contributed by atoms with E-state index in [0.717, 1.165) is 0 Å². The van der Waals surface area contributed by atoms with Gasteiger partial charge in [-0.1, -0.05) is 38.0 Å². The summed E-state index contributed by atoms with van der Waals surface area (Å²) in [5.74, 6) is -0.677. The second-order valence-electron chi connectivity index (χ2n) is 6.93. The number of nitrogens with zero attached hydrogens (tertiary/aromatic N) is 1. The number of rotatable bonds is 12. The number of carbonyl (C=O) groups is 2. The maximum absolute atomic E-state index is 13.1. The summed E-state index contributed by atoms with van der Waals surface area (Å²) < 4.78 is 16.3. The Hall–Kier alpha value is -3.22. The molecule has 0 aromatic heterocycles. The van der Waals surface area contributed by atoms with Crippen molar-refractivity contribution in [1.82, 2.24) is 10.6 Å². The molecule has 1 fully saturated rings. The summed E-state index contributed by atoms with van der Waals surface area (Å²) in [7, 11) is 0. The Morgan fingerprint density at radius 1 is 1.19 bits per heavy atom. The Balaban J connectivity index is 2.35. The van der Waals surface area contributed by atoms with Gasteiger partial charge in [0, 0.05) is 23.9 Å². The first kappa shape index (κ1) is 25.0.